The third-order valence-electron chi connectivity index (χ3n) is 2.53. The maximum Gasteiger partial charge on any atom is 0.323 e. The zero-order chi connectivity index (χ0) is 13.9. The summed E-state index contributed by atoms with van der Waals surface area (Å²) in [6, 6.07) is -0.406. The SMILES string of the molecule is COCCOCCN[C@@H](Cc1cnc[nH]1)C(=O)OC. The molecule has 0 aromatic carbocycles. The summed E-state index contributed by atoms with van der Waals surface area (Å²) in [5.41, 5.74) is 0.878. The maximum atomic E-state index is 11.6. The molecule has 1 rings (SSSR count). The molecule has 0 saturated carbocycles. The van der Waals surface area contributed by atoms with E-state index in [2.05, 4.69) is 15.3 Å². The lowest BCUT2D eigenvalue weighted by Crippen LogP contribution is -2.41. The van der Waals surface area contributed by atoms with E-state index in [0.29, 0.717) is 32.8 Å². The van der Waals surface area contributed by atoms with Crippen LogP contribution in [0.4, 0.5) is 0 Å². The zero-order valence-electron chi connectivity index (χ0n) is 11.3. The molecule has 1 heterocycles. The predicted octanol–water partition coefficient (Wildman–Crippen LogP) is -0.254. The first kappa shape index (κ1) is 15.6. The van der Waals surface area contributed by atoms with Crippen LogP contribution in [-0.4, -0.2) is 62.6 Å². The minimum atomic E-state index is -0.406. The van der Waals surface area contributed by atoms with Crippen LogP contribution in [0.2, 0.25) is 0 Å². The topological polar surface area (TPSA) is 85.5 Å². The molecule has 0 unspecified atom stereocenters. The number of methoxy groups -OCH3 is 2. The van der Waals surface area contributed by atoms with Gasteiger partial charge < -0.3 is 24.5 Å². The second kappa shape index (κ2) is 9.48. The van der Waals surface area contributed by atoms with Gasteiger partial charge in [-0.25, -0.2) is 4.98 Å². The predicted molar refractivity (Wildman–Crippen MR) is 68.8 cm³/mol. The Morgan fingerprint density at radius 1 is 1.42 bits per heavy atom. The van der Waals surface area contributed by atoms with Gasteiger partial charge in [0, 0.05) is 32.0 Å². The van der Waals surface area contributed by atoms with Crippen LogP contribution in [0.1, 0.15) is 5.69 Å². The van der Waals surface area contributed by atoms with Gasteiger partial charge in [0.25, 0.3) is 0 Å². The number of nitrogens with one attached hydrogen (secondary N) is 2. The molecule has 7 heteroatoms. The van der Waals surface area contributed by atoms with E-state index < -0.39 is 6.04 Å². The summed E-state index contributed by atoms with van der Waals surface area (Å²) in [6.07, 6.45) is 3.77. The molecule has 0 bridgehead atoms. The molecule has 0 amide bonds. The molecule has 19 heavy (non-hydrogen) atoms. The van der Waals surface area contributed by atoms with Crippen molar-refractivity contribution in [3.8, 4) is 0 Å². The number of H-pyrrole nitrogens is 1. The van der Waals surface area contributed by atoms with E-state index in [1.807, 2.05) is 0 Å². The molecular formula is C12H21N3O4. The van der Waals surface area contributed by atoms with Gasteiger partial charge >= 0.3 is 5.97 Å². The third kappa shape index (κ3) is 6.32. The Labute approximate surface area is 112 Å². The van der Waals surface area contributed by atoms with Gasteiger partial charge in [-0.1, -0.05) is 0 Å². The van der Waals surface area contributed by atoms with Crippen LogP contribution in [0.15, 0.2) is 12.5 Å². The first-order chi connectivity index (χ1) is 9.27. The zero-order valence-corrected chi connectivity index (χ0v) is 11.3. The number of carbonyl (C=O) groups excluding carboxylic acids is 1. The van der Waals surface area contributed by atoms with Crippen molar-refractivity contribution in [3.63, 3.8) is 0 Å². The van der Waals surface area contributed by atoms with Crippen molar-refractivity contribution in [3.05, 3.63) is 18.2 Å². The Hall–Kier alpha value is -1.44. The fourth-order valence-corrected chi connectivity index (χ4v) is 1.55. The van der Waals surface area contributed by atoms with Gasteiger partial charge in [-0.15, -0.1) is 0 Å². The summed E-state index contributed by atoms with van der Waals surface area (Å²) >= 11 is 0. The molecule has 0 fully saturated rings. The third-order valence-corrected chi connectivity index (χ3v) is 2.53. The first-order valence-electron chi connectivity index (χ1n) is 6.13. The number of aromatic nitrogens is 2. The molecule has 0 radical (unpaired) electrons. The number of hydrogen-bond donors (Lipinski definition) is 2. The molecule has 1 aromatic rings. The standard InChI is InChI=1S/C12H21N3O4/c1-17-5-6-19-4-3-14-11(12(16)18-2)7-10-8-13-9-15-10/h8-9,11,14H,3-7H2,1-2H3,(H,13,15)/t11-/m0/s1. The van der Waals surface area contributed by atoms with Crippen molar-refractivity contribution < 1.29 is 19.0 Å². The van der Waals surface area contributed by atoms with Gasteiger partial charge in [0.05, 0.1) is 33.3 Å². The average Bonchev–Trinajstić information content (AvgIpc) is 2.93. The average molecular weight is 271 g/mol. The van der Waals surface area contributed by atoms with Crippen molar-refractivity contribution in [2.24, 2.45) is 0 Å². The number of hydrogen-bond acceptors (Lipinski definition) is 6. The molecule has 0 aliphatic rings. The lowest BCUT2D eigenvalue weighted by Gasteiger charge is -2.15. The van der Waals surface area contributed by atoms with E-state index in [1.54, 1.807) is 19.6 Å². The van der Waals surface area contributed by atoms with Gasteiger partial charge in [0.15, 0.2) is 0 Å². The van der Waals surface area contributed by atoms with E-state index in [0.717, 1.165) is 5.69 Å². The van der Waals surface area contributed by atoms with Crippen LogP contribution in [0.3, 0.4) is 0 Å². The van der Waals surface area contributed by atoms with E-state index in [4.69, 9.17) is 14.2 Å². The maximum absolute atomic E-state index is 11.6. The smallest absolute Gasteiger partial charge is 0.323 e. The van der Waals surface area contributed by atoms with Crippen LogP contribution < -0.4 is 5.32 Å². The van der Waals surface area contributed by atoms with E-state index in [-0.39, 0.29) is 5.97 Å². The van der Waals surface area contributed by atoms with E-state index in [1.165, 1.54) is 7.11 Å². The van der Waals surface area contributed by atoms with Crippen molar-refractivity contribution in [1.82, 2.24) is 15.3 Å². The fourth-order valence-electron chi connectivity index (χ4n) is 1.55. The number of carbonyl (C=O) groups is 1. The Kier molecular flexibility index (Phi) is 7.80. The van der Waals surface area contributed by atoms with Crippen LogP contribution in [-0.2, 0) is 25.4 Å². The largest absolute Gasteiger partial charge is 0.468 e. The molecule has 0 aliphatic carbocycles. The lowest BCUT2D eigenvalue weighted by molar-refractivity contribution is -0.143. The first-order valence-corrected chi connectivity index (χ1v) is 6.13. The highest BCUT2D eigenvalue weighted by atomic mass is 16.5. The number of imidazole rings is 1. The summed E-state index contributed by atoms with van der Waals surface area (Å²) < 4.78 is 14.9. The Morgan fingerprint density at radius 2 is 2.26 bits per heavy atom. The summed E-state index contributed by atoms with van der Waals surface area (Å²) in [7, 11) is 3.00. The molecule has 1 atom stereocenters. The Morgan fingerprint density at radius 3 is 2.89 bits per heavy atom. The summed E-state index contributed by atoms with van der Waals surface area (Å²) in [5, 5.41) is 3.10. The van der Waals surface area contributed by atoms with E-state index >= 15 is 0 Å². The normalized spacial score (nSPS) is 12.3. The molecule has 0 saturated heterocycles. The van der Waals surface area contributed by atoms with Crippen molar-refractivity contribution in [1.29, 1.82) is 0 Å². The van der Waals surface area contributed by atoms with Crippen LogP contribution in [0.25, 0.3) is 0 Å². The second-order valence-corrected chi connectivity index (χ2v) is 3.92. The highest BCUT2D eigenvalue weighted by molar-refractivity contribution is 5.75. The van der Waals surface area contributed by atoms with Gasteiger partial charge in [0.2, 0.25) is 0 Å². The Balaban J connectivity index is 2.28. The van der Waals surface area contributed by atoms with Gasteiger partial charge in [-0.2, -0.15) is 0 Å². The lowest BCUT2D eigenvalue weighted by atomic mass is 10.1. The Bertz CT molecular complexity index is 343. The molecule has 0 spiro atoms. The molecule has 108 valence electrons. The van der Waals surface area contributed by atoms with Crippen molar-refractivity contribution >= 4 is 5.97 Å². The summed E-state index contributed by atoms with van der Waals surface area (Å²) in [5.74, 6) is -0.300. The van der Waals surface area contributed by atoms with Crippen molar-refractivity contribution in [2.45, 2.75) is 12.5 Å². The van der Waals surface area contributed by atoms with E-state index in [9.17, 15) is 4.79 Å². The highest BCUT2D eigenvalue weighted by Gasteiger charge is 2.19. The van der Waals surface area contributed by atoms with Gasteiger partial charge in [-0.05, 0) is 0 Å². The van der Waals surface area contributed by atoms with Crippen LogP contribution in [0, 0.1) is 0 Å². The number of aromatic amines is 1. The summed E-state index contributed by atoms with van der Waals surface area (Å²) in [4.78, 5) is 18.5. The monoisotopic (exact) mass is 271 g/mol. The van der Waals surface area contributed by atoms with Crippen LogP contribution in [0.5, 0.6) is 0 Å². The second-order valence-electron chi connectivity index (χ2n) is 3.92. The van der Waals surface area contributed by atoms with Gasteiger partial charge in [-0.3, -0.25) is 4.79 Å². The number of nitrogens with zero attached hydrogens (tertiary/aromatic N) is 1. The molecule has 2 N–H and O–H groups in total. The molecule has 1 aromatic heterocycles. The minimum absolute atomic E-state index is 0.300. The summed E-state index contributed by atoms with van der Waals surface area (Å²) in [6.45, 7) is 2.19. The number of esters is 1. The molecule has 0 aliphatic heterocycles. The highest BCUT2D eigenvalue weighted by Crippen LogP contribution is 2.00. The fraction of sp³-hybridized carbons (Fsp3) is 0.667. The number of ether oxygens (including phenoxy) is 3. The quantitative estimate of drug-likeness (QED) is 0.451. The minimum Gasteiger partial charge on any atom is -0.468 e. The van der Waals surface area contributed by atoms with Crippen molar-refractivity contribution in [2.75, 3.05) is 40.6 Å². The molecular weight excluding hydrogens is 250 g/mol. The number of rotatable bonds is 10. The van der Waals surface area contributed by atoms with Crippen LogP contribution >= 0.6 is 0 Å². The van der Waals surface area contributed by atoms with Gasteiger partial charge in [0.1, 0.15) is 6.04 Å². The molecule has 7 nitrogen and oxygen atoms in total.